The van der Waals surface area contributed by atoms with Gasteiger partial charge < -0.3 is 25.2 Å². The van der Waals surface area contributed by atoms with E-state index in [0.29, 0.717) is 55.3 Å². The number of anilines is 2. The van der Waals surface area contributed by atoms with Crippen LogP contribution in [0.5, 0.6) is 0 Å². The molecule has 9 heteroatoms. The van der Waals surface area contributed by atoms with Crippen molar-refractivity contribution in [3.8, 4) is 0 Å². The normalized spacial score (nSPS) is 13.3. The number of carbonyl (C=O) groups excluding carboxylic acids is 3. The number of hydrogen-bond donors (Lipinski definition) is 2. The maximum atomic E-state index is 12.8. The largest absolute Gasteiger partial charge is 0.462 e. The molecule has 1 heterocycles. The average molecular weight is 511 g/mol. The van der Waals surface area contributed by atoms with Gasteiger partial charge in [-0.15, -0.1) is 0 Å². The molecule has 1 aliphatic rings. The lowest BCUT2D eigenvalue weighted by atomic mass is 10.1. The number of ether oxygens (including phenoxy) is 1. The van der Waals surface area contributed by atoms with Gasteiger partial charge in [0.05, 0.1) is 23.5 Å². The fraction of sp³-hybridized carbons (Fsp3) is 0.407. The van der Waals surface area contributed by atoms with Gasteiger partial charge in [-0.05, 0) is 61.8 Å². The highest BCUT2D eigenvalue weighted by molar-refractivity contribution is 7.80. The zero-order valence-corrected chi connectivity index (χ0v) is 21.9. The average Bonchev–Trinajstić information content (AvgIpc) is 2.87. The van der Waals surface area contributed by atoms with Gasteiger partial charge in [-0.1, -0.05) is 32.0 Å². The van der Waals surface area contributed by atoms with Gasteiger partial charge >= 0.3 is 5.97 Å². The Balaban J connectivity index is 1.73. The maximum absolute atomic E-state index is 12.8. The van der Waals surface area contributed by atoms with Gasteiger partial charge in [0.25, 0.3) is 5.91 Å². The molecule has 1 saturated heterocycles. The summed E-state index contributed by atoms with van der Waals surface area (Å²) >= 11 is 5.39. The number of nitrogens with zero attached hydrogens (tertiary/aromatic N) is 2. The number of amides is 2. The summed E-state index contributed by atoms with van der Waals surface area (Å²) in [4.78, 5) is 41.4. The molecular formula is C27H34N4O4S. The topological polar surface area (TPSA) is 91.0 Å². The van der Waals surface area contributed by atoms with Crippen LogP contribution in [0.25, 0.3) is 0 Å². The van der Waals surface area contributed by atoms with Crippen LogP contribution in [-0.2, 0) is 9.53 Å². The molecular weight excluding hydrogens is 476 g/mol. The van der Waals surface area contributed by atoms with Crippen molar-refractivity contribution in [2.75, 3.05) is 43.0 Å². The molecule has 0 bridgehead atoms. The van der Waals surface area contributed by atoms with E-state index < -0.39 is 5.97 Å². The van der Waals surface area contributed by atoms with Crippen LogP contribution in [0, 0.1) is 5.92 Å². The smallest absolute Gasteiger partial charge is 0.338 e. The van der Waals surface area contributed by atoms with E-state index in [1.54, 1.807) is 19.1 Å². The Morgan fingerprint density at radius 2 is 1.69 bits per heavy atom. The van der Waals surface area contributed by atoms with E-state index in [9.17, 15) is 14.4 Å². The fourth-order valence-corrected chi connectivity index (χ4v) is 4.15. The number of nitrogens with one attached hydrogen (secondary N) is 2. The van der Waals surface area contributed by atoms with Crippen LogP contribution in [0.4, 0.5) is 11.4 Å². The second-order valence-corrected chi connectivity index (χ2v) is 9.44. The molecule has 8 nitrogen and oxygen atoms in total. The lowest BCUT2D eigenvalue weighted by Gasteiger charge is -2.37. The molecule has 0 radical (unpaired) electrons. The summed E-state index contributed by atoms with van der Waals surface area (Å²) in [5, 5.41) is 5.99. The van der Waals surface area contributed by atoms with Crippen molar-refractivity contribution in [3.63, 3.8) is 0 Å². The summed E-state index contributed by atoms with van der Waals surface area (Å²) in [6, 6.07) is 14.5. The van der Waals surface area contributed by atoms with Crippen molar-refractivity contribution in [2.45, 2.75) is 33.6 Å². The number of hydrogen-bond acceptors (Lipinski definition) is 6. The first-order valence-corrected chi connectivity index (χ1v) is 12.7. The van der Waals surface area contributed by atoms with Crippen molar-refractivity contribution in [1.29, 1.82) is 0 Å². The van der Waals surface area contributed by atoms with E-state index in [-0.39, 0.29) is 23.5 Å². The predicted molar refractivity (Wildman–Crippen MR) is 145 cm³/mol. The number of rotatable bonds is 8. The summed E-state index contributed by atoms with van der Waals surface area (Å²) in [5.74, 6) is -0.163. The lowest BCUT2D eigenvalue weighted by Crippen LogP contribution is -2.49. The quantitative estimate of drug-likeness (QED) is 0.409. The predicted octanol–water partition coefficient (Wildman–Crippen LogP) is 4.07. The molecule has 1 fully saturated rings. The molecule has 192 valence electrons. The SMILES string of the molecule is CCOC(=O)c1ccc(N2CCN(C(=O)c3ccccc3)CC2)c(NC(=S)NC(=O)CCC(C)C)c1. The van der Waals surface area contributed by atoms with Crippen LogP contribution < -0.4 is 15.5 Å². The highest BCUT2D eigenvalue weighted by atomic mass is 32.1. The van der Waals surface area contributed by atoms with Crippen LogP contribution in [0.15, 0.2) is 48.5 Å². The highest BCUT2D eigenvalue weighted by Gasteiger charge is 2.24. The van der Waals surface area contributed by atoms with E-state index in [1.807, 2.05) is 41.3 Å². The Labute approximate surface area is 218 Å². The van der Waals surface area contributed by atoms with Crippen LogP contribution in [0.2, 0.25) is 0 Å². The second kappa shape index (κ2) is 13.0. The Morgan fingerprint density at radius 1 is 1.00 bits per heavy atom. The first-order valence-electron chi connectivity index (χ1n) is 12.3. The minimum Gasteiger partial charge on any atom is -0.462 e. The molecule has 1 aliphatic heterocycles. The Hall–Kier alpha value is -3.46. The fourth-order valence-electron chi connectivity index (χ4n) is 3.93. The van der Waals surface area contributed by atoms with Gasteiger partial charge in [0.1, 0.15) is 0 Å². The summed E-state index contributed by atoms with van der Waals surface area (Å²) in [6.07, 6.45) is 1.15. The van der Waals surface area contributed by atoms with Gasteiger partial charge in [-0.2, -0.15) is 0 Å². The third-order valence-electron chi connectivity index (χ3n) is 5.89. The number of benzene rings is 2. The van der Waals surface area contributed by atoms with Gasteiger partial charge in [0, 0.05) is 38.2 Å². The summed E-state index contributed by atoms with van der Waals surface area (Å²) < 4.78 is 5.15. The van der Waals surface area contributed by atoms with Gasteiger partial charge in [0.2, 0.25) is 5.91 Å². The Morgan fingerprint density at radius 3 is 2.33 bits per heavy atom. The molecule has 0 aliphatic carbocycles. The summed E-state index contributed by atoms with van der Waals surface area (Å²) in [5.41, 5.74) is 2.48. The minimum atomic E-state index is -0.433. The standard InChI is InChI=1S/C27H34N4O4S/c1-4-35-26(34)21-11-12-23(22(18-21)28-27(36)29-24(32)13-10-19(2)3)30-14-16-31(17-15-30)25(33)20-8-6-5-7-9-20/h5-9,11-12,18-19H,4,10,13-17H2,1-3H3,(H2,28,29,32,36). The molecule has 36 heavy (non-hydrogen) atoms. The van der Waals surface area contributed by atoms with Gasteiger partial charge in [-0.3, -0.25) is 9.59 Å². The van der Waals surface area contributed by atoms with E-state index in [0.717, 1.165) is 12.1 Å². The third-order valence-corrected chi connectivity index (χ3v) is 6.09. The van der Waals surface area contributed by atoms with Crippen LogP contribution in [-0.4, -0.2) is 60.6 Å². The zero-order chi connectivity index (χ0) is 26.1. The molecule has 2 amide bonds. The van der Waals surface area contributed by atoms with Gasteiger partial charge in [-0.25, -0.2) is 4.79 Å². The van der Waals surface area contributed by atoms with Crippen molar-refractivity contribution >= 4 is 46.5 Å². The van der Waals surface area contributed by atoms with E-state index in [1.165, 1.54) is 0 Å². The second-order valence-electron chi connectivity index (χ2n) is 9.03. The molecule has 0 saturated carbocycles. The molecule has 0 spiro atoms. The van der Waals surface area contributed by atoms with Crippen molar-refractivity contribution in [1.82, 2.24) is 10.2 Å². The van der Waals surface area contributed by atoms with Crippen molar-refractivity contribution in [3.05, 3.63) is 59.7 Å². The van der Waals surface area contributed by atoms with Crippen LogP contribution in [0.3, 0.4) is 0 Å². The Bertz CT molecular complexity index is 1080. The number of piperazine rings is 1. The first-order chi connectivity index (χ1) is 17.3. The third kappa shape index (κ3) is 7.52. The van der Waals surface area contributed by atoms with E-state index in [2.05, 4.69) is 29.4 Å². The molecule has 3 rings (SSSR count). The van der Waals surface area contributed by atoms with Crippen LogP contribution >= 0.6 is 12.2 Å². The molecule has 0 aromatic heterocycles. The van der Waals surface area contributed by atoms with E-state index >= 15 is 0 Å². The monoisotopic (exact) mass is 510 g/mol. The molecule has 2 aromatic carbocycles. The highest BCUT2D eigenvalue weighted by Crippen LogP contribution is 2.29. The number of esters is 1. The molecule has 2 aromatic rings. The number of carbonyl (C=O) groups is 3. The summed E-state index contributed by atoms with van der Waals surface area (Å²) in [7, 11) is 0. The number of thiocarbonyl (C=S) groups is 1. The van der Waals surface area contributed by atoms with E-state index in [4.69, 9.17) is 17.0 Å². The lowest BCUT2D eigenvalue weighted by molar-refractivity contribution is -0.119. The van der Waals surface area contributed by atoms with Crippen LogP contribution in [0.1, 0.15) is 54.3 Å². The molecule has 0 unspecified atom stereocenters. The minimum absolute atomic E-state index is 0.0107. The van der Waals surface area contributed by atoms with Crippen molar-refractivity contribution < 1.29 is 19.1 Å². The summed E-state index contributed by atoms with van der Waals surface area (Å²) in [6.45, 7) is 8.48. The molecule has 0 atom stereocenters. The zero-order valence-electron chi connectivity index (χ0n) is 21.1. The molecule has 2 N–H and O–H groups in total. The Kier molecular flexibility index (Phi) is 9.81. The first kappa shape index (κ1) is 27.1. The van der Waals surface area contributed by atoms with Crippen molar-refractivity contribution in [2.24, 2.45) is 5.92 Å². The van der Waals surface area contributed by atoms with Gasteiger partial charge in [0.15, 0.2) is 5.11 Å². The maximum Gasteiger partial charge on any atom is 0.338 e.